The third-order valence-corrected chi connectivity index (χ3v) is 9.92. The van der Waals surface area contributed by atoms with E-state index < -0.39 is 0 Å². The minimum absolute atomic E-state index is 0.796. The van der Waals surface area contributed by atoms with Crippen molar-refractivity contribution in [3.05, 3.63) is 158 Å². The van der Waals surface area contributed by atoms with Crippen molar-refractivity contribution < 1.29 is 13.3 Å². The fraction of sp³-hybridized carbons (Fsp3) is 0.0217. The first kappa shape index (κ1) is 28.4. The number of benzene rings is 6. The Hall–Kier alpha value is -6.65. The summed E-state index contributed by atoms with van der Waals surface area (Å²) >= 11 is 0. The Bertz CT molecular complexity index is 2970. The van der Waals surface area contributed by atoms with Crippen molar-refractivity contribution in [3.63, 3.8) is 0 Å². The molecule has 0 radical (unpaired) electrons. The third-order valence-electron chi connectivity index (χ3n) is 9.92. The summed E-state index contributed by atoms with van der Waals surface area (Å²) < 4.78 is 18.3. The smallest absolute Gasteiger partial charge is 0.153 e. The zero-order chi connectivity index (χ0) is 33.3. The van der Waals surface area contributed by atoms with Gasteiger partial charge in [0.05, 0.1) is 6.20 Å². The normalized spacial score (nSPS) is 11.8. The Morgan fingerprint density at radius 1 is 0.440 bits per heavy atom. The van der Waals surface area contributed by atoms with Gasteiger partial charge in [-0.25, -0.2) is 0 Å². The van der Waals surface area contributed by atoms with Gasteiger partial charge in [0.1, 0.15) is 28.1 Å². The summed E-state index contributed by atoms with van der Waals surface area (Å²) in [6, 6.07) is 45.1. The predicted molar refractivity (Wildman–Crippen MR) is 205 cm³/mol. The van der Waals surface area contributed by atoms with Crippen LogP contribution in [0.25, 0.3) is 105 Å². The average Bonchev–Trinajstić information content (AvgIpc) is 3.83. The highest BCUT2D eigenvalue weighted by atomic mass is 16.3. The molecule has 0 aliphatic heterocycles. The third kappa shape index (κ3) is 4.50. The quantitative estimate of drug-likeness (QED) is 0.187. The van der Waals surface area contributed by atoms with Gasteiger partial charge in [-0.1, -0.05) is 73.3 Å². The molecule has 0 atom stereocenters. The summed E-state index contributed by atoms with van der Waals surface area (Å²) in [4.78, 5) is 4.21. The van der Waals surface area contributed by atoms with Gasteiger partial charge in [0.2, 0.25) is 0 Å². The van der Waals surface area contributed by atoms with Crippen molar-refractivity contribution >= 4 is 60.9 Å². The van der Waals surface area contributed by atoms with E-state index in [-0.39, 0.29) is 0 Å². The van der Waals surface area contributed by atoms with Crippen LogP contribution in [0.1, 0.15) is 11.3 Å². The van der Waals surface area contributed by atoms with Crippen LogP contribution in [0.5, 0.6) is 0 Å². The van der Waals surface area contributed by atoms with E-state index in [1.54, 1.807) is 12.4 Å². The van der Waals surface area contributed by atoms with Crippen LogP contribution in [0.4, 0.5) is 0 Å². The van der Waals surface area contributed by atoms with Crippen LogP contribution in [0.3, 0.4) is 0 Å². The van der Waals surface area contributed by atoms with Gasteiger partial charge in [0.15, 0.2) is 5.58 Å². The van der Waals surface area contributed by atoms with Crippen molar-refractivity contribution in [2.24, 2.45) is 0 Å². The lowest BCUT2D eigenvalue weighted by atomic mass is 9.95. The molecule has 0 spiro atoms. The van der Waals surface area contributed by atoms with Crippen LogP contribution in [0, 0.1) is 6.92 Å². The van der Waals surface area contributed by atoms with Gasteiger partial charge >= 0.3 is 0 Å². The summed E-state index contributed by atoms with van der Waals surface area (Å²) in [6.45, 7) is 5.98. The van der Waals surface area contributed by atoms with Gasteiger partial charge < -0.3 is 13.3 Å². The van der Waals surface area contributed by atoms with E-state index in [4.69, 9.17) is 13.3 Å². The Balaban J connectivity index is 1.02. The molecule has 4 heteroatoms. The number of pyridine rings is 1. The second-order valence-electron chi connectivity index (χ2n) is 12.9. The van der Waals surface area contributed by atoms with Crippen molar-refractivity contribution in [3.8, 4) is 44.5 Å². The minimum Gasteiger partial charge on any atom is -0.461 e. The highest BCUT2D eigenvalue weighted by Gasteiger charge is 2.14. The van der Waals surface area contributed by atoms with Crippen molar-refractivity contribution in [2.75, 3.05) is 0 Å². The number of hydrogen-bond donors (Lipinski definition) is 0. The molecule has 0 amide bonds. The molecule has 10 rings (SSSR count). The first-order chi connectivity index (χ1) is 24.6. The summed E-state index contributed by atoms with van der Waals surface area (Å²) in [5.41, 5.74) is 14.5. The molecular weight excluding hydrogens is 615 g/mol. The molecule has 10 aromatic rings. The molecule has 4 heterocycles. The van der Waals surface area contributed by atoms with Gasteiger partial charge in [-0.15, -0.1) is 0 Å². The summed E-state index contributed by atoms with van der Waals surface area (Å²) in [6.07, 6.45) is 5.45. The molecule has 0 N–H and O–H groups in total. The molecule has 0 aliphatic carbocycles. The molecule has 0 aliphatic rings. The predicted octanol–water partition coefficient (Wildman–Crippen LogP) is 13.2. The lowest BCUT2D eigenvalue weighted by Gasteiger charge is -2.09. The van der Waals surface area contributed by atoms with Crippen LogP contribution in [0.2, 0.25) is 0 Å². The molecule has 0 bridgehead atoms. The van der Waals surface area contributed by atoms with Crippen LogP contribution < -0.4 is 0 Å². The van der Waals surface area contributed by atoms with E-state index in [1.165, 1.54) is 0 Å². The fourth-order valence-corrected chi connectivity index (χ4v) is 7.38. The van der Waals surface area contributed by atoms with Crippen LogP contribution in [-0.2, 0) is 0 Å². The molecule has 0 saturated heterocycles. The topological polar surface area (TPSA) is 52.3 Å². The van der Waals surface area contributed by atoms with Crippen molar-refractivity contribution in [1.29, 1.82) is 0 Å². The fourth-order valence-electron chi connectivity index (χ4n) is 7.38. The number of rotatable bonds is 5. The molecule has 6 aromatic carbocycles. The number of nitrogens with zero attached hydrogens (tertiary/aromatic N) is 1. The maximum atomic E-state index is 6.31. The van der Waals surface area contributed by atoms with E-state index in [2.05, 4.69) is 121 Å². The minimum atomic E-state index is 0.796. The largest absolute Gasteiger partial charge is 0.461 e. The van der Waals surface area contributed by atoms with E-state index >= 15 is 0 Å². The molecule has 236 valence electrons. The Kier molecular flexibility index (Phi) is 6.21. The molecule has 4 aromatic heterocycles. The van der Waals surface area contributed by atoms with Crippen LogP contribution in [0.15, 0.2) is 160 Å². The van der Waals surface area contributed by atoms with E-state index in [1.807, 2.05) is 31.2 Å². The lowest BCUT2D eigenvalue weighted by molar-refractivity contribution is 0.577. The summed E-state index contributed by atoms with van der Waals surface area (Å²) in [5, 5.41) is 5.42. The summed E-state index contributed by atoms with van der Waals surface area (Å²) in [7, 11) is 0. The van der Waals surface area contributed by atoms with Crippen molar-refractivity contribution in [2.45, 2.75) is 6.92 Å². The Labute approximate surface area is 287 Å². The average molecular weight is 644 g/mol. The number of furan rings is 3. The van der Waals surface area contributed by atoms with Gasteiger partial charge in [-0.3, -0.25) is 4.98 Å². The van der Waals surface area contributed by atoms with Gasteiger partial charge in [-0.05, 0) is 118 Å². The second kappa shape index (κ2) is 10.9. The molecule has 4 nitrogen and oxygen atoms in total. The van der Waals surface area contributed by atoms with Gasteiger partial charge in [0.25, 0.3) is 0 Å². The molecule has 0 fully saturated rings. The van der Waals surface area contributed by atoms with Crippen molar-refractivity contribution in [1.82, 2.24) is 4.98 Å². The Morgan fingerprint density at radius 3 is 1.36 bits per heavy atom. The maximum Gasteiger partial charge on any atom is 0.153 e. The molecule has 0 unspecified atom stereocenters. The SMILES string of the molecule is C=Cc1c(C)oc2ccc(-c3cccc(-c4cccc(-c5ccc6oc7ccc(-c8ccc9oc%10cnccc%10c9c8)cc7c6c5)c4)c3)cc12. The van der Waals surface area contributed by atoms with E-state index in [0.29, 0.717) is 0 Å². The first-order valence-corrected chi connectivity index (χ1v) is 16.7. The lowest BCUT2D eigenvalue weighted by Crippen LogP contribution is -1.84. The van der Waals surface area contributed by atoms with Crippen LogP contribution in [-0.4, -0.2) is 4.98 Å². The molecule has 50 heavy (non-hydrogen) atoms. The Morgan fingerprint density at radius 2 is 0.860 bits per heavy atom. The first-order valence-electron chi connectivity index (χ1n) is 16.7. The zero-order valence-electron chi connectivity index (χ0n) is 27.2. The highest BCUT2D eigenvalue weighted by Crippen LogP contribution is 2.38. The summed E-state index contributed by atoms with van der Waals surface area (Å²) in [5.74, 6) is 0.888. The van der Waals surface area contributed by atoms with E-state index in [0.717, 1.165) is 111 Å². The number of hydrogen-bond acceptors (Lipinski definition) is 4. The van der Waals surface area contributed by atoms with Gasteiger partial charge in [0, 0.05) is 38.7 Å². The monoisotopic (exact) mass is 643 g/mol. The molecule has 0 saturated carbocycles. The van der Waals surface area contributed by atoms with Gasteiger partial charge in [-0.2, -0.15) is 0 Å². The second-order valence-corrected chi connectivity index (χ2v) is 12.9. The highest BCUT2D eigenvalue weighted by molar-refractivity contribution is 6.09. The molecular formula is C46H29NO3. The standard InChI is InChI=1S/C46H29NO3/c1-3-36-27(2)48-42-14-10-32(22-38(36)42)30-8-4-6-28(20-30)29-7-5-9-31(21-29)33-11-16-44-40(24-33)41-25-35(13-17-45(41)49-44)34-12-15-43-39(23-34)37-18-19-47-26-46(37)50-43/h3-26H,1H2,2H3. The number of aromatic nitrogens is 1. The number of fused-ring (bicyclic) bond motifs is 7. The maximum absolute atomic E-state index is 6.31. The zero-order valence-corrected chi connectivity index (χ0v) is 27.2. The number of aryl methyl sites for hydroxylation is 1. The van der Waals surface area contributed by atoms with E-state index in [9.17, 15) is 0 Å². The van der Waals surface area contributed by atoms with Crippen LogP contribution >= 0.6 is 0 Å².